The summed E-state index contributed by atoms with van der Waals surface area (Å²) in [6.07, 6.45) is 3.23. The Kier molecular flexibility index (Phi) is 3.57. The lowest BCUT2D eigenvalue weighted by atomic mass is 10.3. The van der Waals surface area contributed by atoms with Gasteiger partial charge in [0.25, 0.3) is 5.91 Å². The Morgan fingerprint density at radius 1 is 1.41 bits per heavy atom. The summed E-state index contributed by atoms with van der Waals surface area (Å²) < 4.78 is 6.97. The molecule has 22 heavy (non-hydrogen) atoms. The van der Waals surface area contributed by atoms with Gasteiger partial charge < -0.3 is 19.4 Å². The molecule has 8 nitrogen and oxygen atoms in total. The van der Waals surface area contributed by atoms with Crippen LogP contribution in [0.15, 0.2) is 46.0 Å². The highest BCUT2D eigenvalue weighted by Crippen LogP contribution is 2.15. The number of aromatic nitrogens is 4. The molecule has 8 heteroatoms. The van der Waals surface area contributed by atoms with Crippen molar-refractivity contribution in [3.05, 3.63) is 58.5 Å². The number of aryl methyl sites for hydroxylation is 1. The molecule has 0 aliphatic rings. The molecule has 0 bridgehead atoms. The Morgan fingerprint density at radius 3 is 2.95 bits per heavy atom. The van der Waals surface area contributed by atoms with Crippen LogP contribution in [0, 0.1) is 0 Å². The highest BCUT2D eigenvalue weighted by atomic mass is 16.5. The van der Waals surface area contributed by atoms with E-state index in [1.165, 1.54) is 18.3 Å². The summed E-state index contributed by atoms with van der Waals surface area (Å²) >= 11 is 0. The van der Waals surface area contributed by atoms with Gasteiger partial charge in [-0.1, -0.05) is 5.16 Å². The summed E-state index contributed by atoms with van der Waals surface area (Å²) in [5.41, 5.74) is 0.907. The lowest BCUT2D eigenvalue weighted by Gasteiger charge is -2.01. The molecule has 0 aliphatic carbocycles. The molecule has 3 aromatic rings. The average molecular weight is 299 g/mol. The van der Waals surface area contributed by atoms with E-state index in [2.05, 4.69) is 20.4 Å². The molecule has 3 rings (SSSR count). The minimum Gasteiger partial charge on any atom is -0.348 e. The zero-order valence-corrected chi connectivity index (χ0v) is 11.7. The summed E-state index contributed by atoms with van der Waals surface area (Å²) in [6, 6.07) is 6.48. The summed E-state index contributed by atoms with van der Waals surface area (Å²) in [5.74, 6) is 0.421. The number of nitrogens with one attached hydrogen (secondary N) is 2. The van der Waals surface area contributed by atoms with Gasteiger partial charge in [-0.25, -0.2) is 0 Å². The molecule has 0 unspecified atom stereocenters. The van der Waals surface area contributed by atoms with Crippen molar-refractivity contribution in [2.24, 2.45) is 7.05 Å². The van der Waals surface area contributed by atoms with Crippen LogP contribution in [0.5, 0.6) is 0 Å². The zero-order valence-electron chi connectivity index (χ0n) is 11.7. The van der Waals surface area contributed by atoms with Gasteiger partial charge in [-0.05, 0) is 18.2 Å². The summed E-state index contributed by atoms with van der Waals surface area (Å²) in [7, 11) is 1.88. The van der Waals surface area contributed by atoms with Crippen molar-refractivity contribution in [2.45, 2.75) is 6.54 Å². The van der Waals surface area contributed by atoms with Crippen LogP contribution in [0.1, 0.15) is 16.2 Å². The van der Waals surface area contributed by atoms with E-state index in [9.17, 15) is 9.59 Å². The van der Waals surface area contributed by atoms with Gasteiger partial charge >= 0.3 is 0 Å². The van der Waals surface area contributed by atoms with E-state index in [1.807, 2.05) is 29.9 Å². The van der Waals surface area contributed by atoms with Gasteiger partial charge in [-0.2, -0.15) is 4.98 Å². The number of H-pyrrole nitrogens is 1. The van der Waals surface area contributed by atoms with E-state index in [0.717, 1.165) is 5.69 Å². The smallest absolute Gasteiger partial charge is 0.253 e. The standard InChI is InChI=1S/C14H13N5O3/c1-19-6-2-3-10(19)13-17-12(22-18-13)8-16-14(21)9-4-5-11(20)15-7-9/h2-7H,8H2,1H3,(H,15,20)(H,16,21). The molecule has 0 aromatic carbocycles. The predicted octanol–water partition coefficient (Wildman–Crippen LogP) is 0.693. The molecule has 0 fully saturated rings. The molecule has 0 saturated heterocycles. The Balaban J connectivity index is 1.66. The highest BCUT2D eigenvalue weighted by Gasteiger charge is 2.12. The van der Waals surface area contributed by atoms with Crippen molar-refractivity contribution in [2.75, 3.05) is 0 Å². The zero-order chi connectivity index (χ0) is 15.5. The Bertz CT molecular complexity index is 841. The minimum absolute atomic E-state index is 0.107. The normalized spacial score (nSPS) is 10.6. The van der Waals surface area contributed by atoms with E-state index < -0.39 is 0 Å². The van der Waals surface area contributed by atoms with Crippen molar-refractivity contribution >= 4 is 5.91 Å². The van der Waals surface area contributed by atoms with Crippen LogP contribution in [0.25, 0.3) is 11.5 Å². The molecule has 3 heterocycles. The number of aromatic amines is 1. The highest BCUT2D eigenvalue weighted by molar-refractivity contribution is 5.93. The molecule has 2 N–H and O–H groups in total. The second-order valence-electron chi connectivity index (χ2n) is 4.64. The third-order valence-corrected chi connectivity index (χ3v) is 3.09. The third kappa shape index (κ3) is 2.80. The van der Waals surface area contributed by atoms with Crippen LogP contribution in [0.4, 0.5) is 0 Å². The number of hydrogen-bond donors (Lipinski definition) is 2. The first-order valence-corrected chi connectivity index (χ1v) is 6.55. The van der Waals surface area contributed by atoms with E-state index in [1.54, 1.807) is 0 Å². The average Bonchev–Trinajstić information content (AvgIpc) is 3.14. The predicted molar refractivity (Wildman–Crippen MR) is 76.9 cm³/mol. The van der Waals surface area contributed by atoms with Crippen LogP contribution in [0.3, 0.4) is 0 Å². The van der Waals surface area contributed by atoms with Crippen LogP contribution < -0.4 is 10.9 Å². The van der Waals surface area contributed by atoms with Gasteiger partial charge in [0.1, 0.15) is 0 Å². The van der Waals surface area contributed by atoms with Crippen molar-refractivity contribution in [3.63, 3.8) is 0 Å². The van der Waals surface area contributed by atoms with E-state index in [-0.39, 0.29) is 18.0 Å². The fourth-order valence-corrected chi connectivity index (χ4v) is 1.93. The molecule has 3 aromatic heterocycles. The Labute approximate surface area is 124 Å². The number of carbonyl (C=O) groups excluding carboxylic acids is 1. The number of amides is 1. The molecule has 112 valence electrons. The summed E-state index contributed by atoms with van der Waals surface area (Å²) in [4.78, 5) is 29.5. The van der Waals surface area contributed by atoms with Crippen molar-refractivity contribution < 1.29 is 9.32 Å². The second-order valence-corrected chi connectivity index (χ2v) is 4.64. The first-order chi connectivity index (χ1) is 10.6. The maximum Gasteiger partial charge on any atom is 0.253 e. The molecule has 0 saturated carbocycles. The van der Waals surface area contributed by atoms with Crippen molar-refractivity contribution in [1.29, 1.82) is 0 Å². The number of pyridine rings is 1. The molecular weight excluding hydrogens is 286 g/mol. The van der Waals surface area contributed by atoms with Gasteiger partial charge in [0, 0.05) is 25.5 Å². The van der Waals surface area contributed by atoms with Crippen LogP contribution >= 0.6 is 0 Å². The Hall–Kier alpha value is -3.16. The van der Waals surface area contributed by atoms with Crippen LogP contribution in [-0.2, 0) is 13.6 Å². The van der Waals surface area contributed by atoms with Crippen LogP contribution in [-0.4, -0.2) is 25.6 Å². The quantitative estimate of drug-likeness (QED) is 0.737. The van der Waals surface area contributed by atoms with Gasteiger partial charge in [-0.15, -0.1) is 0 Å². The second kappa shape index (κ2) is 5.68. The molecule has 0 spiro atoms. The van der Waals surface area contributed by atoms with E-state index in [4.69, 9.17) is 4.52 Å². The van der Waals surface area contributed by atoms with E-state index >= 15 is 0 Å². The lowest BCUT2D eigenvalue weighted by molar-refractivity contribution is 0.0946. The first kappa shape index (κ1) is 13.8. The van der Waals surface area contributed by atoms with E-state index in [0.29, 0.717) is 17.3 Å². The maximum atomic E-state index is 11.9. The number of nitrogens with zero attached hydrogens (tertiary/aromatic N) is 3. The largest absolute Gasteiger partial charge is 0.348 e. The fraction of sp³-hybridized carbons (Fsp3) is 0.143. The SMILES string of the molecule is Cn1cccc1-c1noc(CNC(=O)c2ccc(=O)[nH]c2)n1. The molecule has 1 amide bonds. The van der Waals surface area contributed by atoms with Gasteiger partial charge in [0.2, 0.25) is 17.3 Å². The van der Waals surface area contributed by atoms with Gasteiger partial charge in [0.15, 0.2) is 0 Å². The summed E-state index contributed by atoms with van der Waals surface area (Å²) in [5, 5.41) is 6.52. The van der Waals surface area contributed by atoms with Gasteiger partial charge in [-0.3, -0.25) is 9.59 Å². The first-order valence-electron chi connectivity index (χ1n) is 6.55. The number of hydrogen-bond acceptors (Lipinski definition) is 5. The minimum atomic E-state index is -0.338. The monoisotopic (exact) mass is 299 g/mol. The topological polar surface area (TPSA) is 106 Å². The van der Waals surface area contributed by atoms with Crippen molar-refractivity contribution in [1.82, 2.24) is 25.0 Å². The van der Waals surface area contributed by atoms with Crippen LogP contribution in [0.2, 0.25) is 0 Å². The summed E-state index contributed by atoms with van der Waals surface area (Å²) in [6.45, 7) is 0.107. The molecule has 0 aliphatic heterocycles. The number of carbonyl (C=O) groups is 1. The molecular formula is C14H13N5O3. The Morgan fingerprint density at radius 2 is 2.27 bits per heavy atom. The van der Waals surface area contributed by atoms with Gasteiger partial charge in [0.05, 0.1) is 17.8 Å². The maximum absolute atomic E-state index is 11.9. The fourth-order valence-electron chi connectivity index (χ4n) is 1.93. The third-order valence-electron chi connectivity index (χ3n) is 3.09. The molecule has 0 radical (unpaired) electrons. The van der Waals surface area contributed by atoms with Crippen molar-refractivity contribution in [3.8, 4) is 11.5 Å². The lowest BCUT2D eigenvalue weighted by Crippen LogP contribution is -2.23. The molecule has 0 atom stereocenters. The number of rotatable bonds is 4.